The first-order valence-corrected chi connectivity index (χ1v) is 22.8. The van der Waals surface area contributed by atoms with Gasteiger partial charge in [0.2, 0.25) is 23.6 Å². The second kappa shape index (κ2) is 21.9. The Kier molecular flexibility index (Phi) is 15.2. The summed E-state index contributed by atoms with van der Waals surface area (Å²) in [5, 5.41) is 24.1. The predicted octanol–water partition coefficient (Wildman–Crippen LogP) is 5.67. The number of hydrogen-bond acceptors (Lipinski definition) is 11. The van der Waals surface area contributed by atoms with Gasteiger partial charge in [-0.05, 0) is 23.3 Å². The largest absolute Gasteiger partial charge is 0.384 e. The van der Waals surface area contributed by atoms with E-state index in [1.807, 2.05) is 106 Å². The molecule has 2 aliphatic heterocycles. The highest BCUT2D eigenvalue weighted by Gasteiger charge is 2.31. The van der Waals surface area contributed by atoms with Crippen LogP contribution in [0.4, 0.5) is 11.4 Å². The third-order valence-corrected chi connectivity index (χ3v) is 11.9. The Morgan fingerprint density at radius 3 is 1.54 bits per heavy atom. The van der Waals surface area contributed by atoms with E-state index in [1.165, 1.54) is 0 Å². The van der Waals surface area contributed by atoms with Gasteiger partial charge in [-0.25, -0.2) is 9.36 Å². The van der Waals surface area contributed by atoms with E-state index in [2.05, 4.69) is 31.3 Å². The van der Waals surface area contributed by atoms with Crippen LogP contribution in [0.3, 0.4) is 0 Å². The summed E-state index contributed by atoms with van der Waals surface area (Å²) < 4.78 is 21.0. The van der Waals surface area contributed by atoms with Crippen molar-refractivity contribution in [1.82, 2.24) is 40.6 Å². The molecule has 4 aromatic carbocycles. The number of nitrogens with one attached hydrogen (secondary N) is 2. The number of carbonyl (C=O) groups excluding carboxylic acids is 4. The van der Waals surface area contributed by atoms with Gasteiger partial charge in [-0.2, -0.15) is 0 Å². The van der Waals surface area contributed by atoms with Crippen LogP contribution in [-0.4, -0.2) is 107 Å². The lowest BCUT2D eigenvalue weighted by Crippen LogP contribution is -2.37. The summed E-state index contributed by atoms with van der Waals surface area (Å²) >= 11 is 0. The van der Waals surface area contributed by atoms with Crippen LogP contribution in [0.15, 0.2) is 97.1 Å². The number of hydrogen-bond donors (Lipinski definition) is 2. The summed E-state index contributed by atoms with van der Waals surface area (Å²) in [5.74, 6) is -0.783. The Hall–Kier alpha value is -7.08. The van der Waals surface area contributed by atoms with E-state index in [1.54, 1.807) is 30.8 Å². The smallest absolute Gasteiger partial charge is 0.229 e. The fraction of sp³-hybridized carbons (Fsp3) is 0.360. The van der Waals surface area contributed by atoms with Crippen LogP contribution in [0.2, 0.25) is 0 Å². The van der Waals surface area contributed by atoms with E-state index in [0.29, 0.717) is 77.0 Å². The second-order valence-electron chi connectivity index (χ2n) is 16.4. The van der Waals surface area contributed by atoms with Crippen LogP contribution in [0, 0.1) is 5.92 Å². The molecule has 17 heteroatoms. The van der Waals surface area contributed by atoms with Crippen molar-refractivity contribution in [3.8, 4) is 45.0 Å². The summed E-state index contributed by atoms with van der Waals surface area (Å²) in [5.41, 5.74) is 9.83. The molecule has 0 saturated heterocycles. The number of methoxy groups -OCH3 is 1. The number of carbonyl (C=O) groups is 4. The van der Waals surface area contributed by atoms with Crippen LogP contribution in [0.25, 0.3) is 45.0 Å². The normalized spacial score (nSPS) is 13.0. The van der Waals surface area contributed by atoms with Crippen molar-refractivity contribution in [2.24, 2.45) is 5.92 Å². The van der Waals surface area contributed by atoms with Gasteiger partial charge >= 0.3 is 0 Å². The SMILES string of the molecule is CCC(=O)NCCC(=O)N1Cc2ccccc2-c2c(nnn2CCOCCOCCn2nnc3c2-c2ccccc2CN(C(=O)CCNC(=O)C(C)COC)c2ccccc2-3)-c2ccccc21. The Labute approximate surface area is 389 Å². The molecule has 67 heavy (non-hydrogen) atoms. The Balaban J connectivity index is 0.891. The number of benzene rings is 4. The Morgan fingerprint density at radius 1 is 0.612 bits per heavy atom. The molecule has 348 valence electrons. The maximum absolute atomic E-state index is 13.9. The van der Waals surface area contributed by atoms with Gasteiger partial charge in [-0.1, -0.05) is 109 Å². The number of fused-ring (bicyclic) bond motifs is 10. The van der Waals surface area contributed by atoms with Crippen molar-refractivity contribution >= 4 is 35.0 Å². The summed E-state index contributed by atoms with van der Waals surface area (Å²) in [6.07, 6.45) is 0.656. The second-order valence-corrected chi connectivity index (χ2v) is 16.4. The van der Waals surface area contributed by atoms with Crippen molar-refractivity contribution < 1.29 is 33.4 Å². The van der Waals surface area contributed by atoms with E-state index >= 15 is 0 Å². The molecule has 0 aliphatic carbocycles. The number of para-hydroxylation sites is 2. The maximum Gasteiger partial charge on any atom is 0.229 e. The molecular weight excluding hydrogens is 853 g/mol. The zero-order valence-electron chi connectivity index (χ0n) is 38.1. The number of nitrogens with zero attached hydrogens (tertiary/aromatic N) is 8. The first-order valence-electron chi connectivity index (χ1n) is 22.8. The zero-order valence-corrected chi connectivity index (χ0v) is 38.1. The van der Waals surface area contributed by atoms with Gasteiger partial charge in [0.1, 0.15) is 11.4 Å². The first kappa shape index (κ1) is 46.4. The van der Waals surface area contributed by atoms with Crippen LogP contribution in [0.5, 0.6) is 0 Å². The number of anilines is 2. The molecule has 0 fully saturated rings. The van der Waals surface area contributed by atoms with Crippen molar-refractivity contribution in [1.29, 1.82) is 0 Å². The molecule has 2 aliphatic rings. The van der Waals surface area contributed by atoms with Gasteiger partial charge < -0.3 is 34.6 Å². The van der Waals surface area contributed by atoms with Crippen LogP contribution >= 0.6 is 0 Å². The van der Waals surface area contributed by atoms with Crippen LogP contribution < -0.4 is 20.4 Å². The lowest BCUT2D eigenvalue weighted by molar-refractivity contribution is -0.126. The van der Waals surface area contributed by atoms with Gasteiger partial charge in [0.15, 0.2) is 0 Å². The fourth-order valence-corrected chi connectivity index (χ4v) is 8.51. The molecule has 17 nitrogen and oxygen atoms in total. The molecular formula is C50H56N10O7. The molecule has 0 spiro atoms. The molecule has 2 N–H and O–H groups in total. The van der Waals surface area contributed by atoms with Crippen molar-refractivity contribution in [3.63, 3.8) is 0 Å². The molecule has 2 aromatic heterocycles. The van der Waals surface area contributed by atoms with E-state index < -0.39 is 0 Å². The van der Waals surface area contributed by atoms with Crippen LogP contribution in [-0.2, 0) is 59.6 Å². The van der Waals surface area contributed by atoms with E-state index in [4.69, 9.17) is 14.2 Å². The standard InChI is InChI=1S/C50H56N10O7/c1-4-43(61)51-23-21-44(62)57-31-35-13-5-7-15-37(35)48-46(39-17-9-11-19-41(39)57)53-55-59(48)25-27-66-29-30-67-28-26-60-49-38-16-8-6-14-36(38)32-58(42-20-12-10-18-40(42)47(49)54-56-60)45(63)22-24-52-50(64)34(2)33-65-3/h5-20,34H,4,21-33H2,1-3H3,(H,51,61)(H,52,64). The van der Waals surface area contributed by atoms with Gasteiger partial charge in [0, 0.05) is 61.7 Å². The van der Waals surface area contributed by atoms with E-state index in [0.717, 1.165) is 56.1 Å². The summed E-state index contributed by atoms with van der Waals surface area (Å²) in [4.78, 5) is 55.4. The highest BCUT2D eigenvalue weighted by molar-refractivity contribution is 6.01. The summed E-state index contributed by atoms with van der Waals surface area (Å²) in [7, 11) is 1.56. The minimum Gasteiger partial charge on any atom is -0.384 e. The molecule has 0 saturated carbocycles. The Bertz CT molecular complexity index is 2710. The highest BCUT2D eigenvalue weighted by Crippen LogP contribution is 2.42. The first-order chi connectivity index (χ1) is 32.8. The highest BCUT2D eigenvalue weighted by atomic mass is 16.5. The minimum atomic E-state index is -0.318. The van der Waals surface area contributed by atoms with Crippen molar-refractivity contribution in [3.05, 3.63) is 108 Å². The number of aromatic nitrogens is 6. The van der Waals surface area contributed by atoms with E-state index in [-0.39, 0.29) is 55.5 Å². The molecule has 4 amide bonds. The number of rotatable bonds is 19. The average molecular weight is 909 g/mol. The van der Waals surface area contributed by atoms with Crippen molar-refractivity contribution in [2.45, 2.75) is 59.3 Å². The lowest BCUT2D eigenvalue weighted by Gasteiger charge is -2.28. The average Bonchev–Trinajstić information content (AvgIpc) is 3.96. The number of ether oxygens (including phenoxy) is 3. The predicted molar refractivity (Wildman–Crippen MR) is 252 cm³/mol. The van der Waals surface area contributed by atoms with E-state index in [9.17, 15) is 19.2 Å². The maximum atomic E-state index is 13.9. The topological polar surface area (TPSA) is 188 Å². The molecule has 1 atom stereocenters. The van der Waals surface area contributed by atoms with Gasteiger partial charge in [0.05, 0.1) is 87.9 Å². The molecule has 4 heterocycles. The molecule has 1 unspecified atom stereocenters. The summed E-state index contributed by atoms with van der Waals surface area (Å²) in [6, 6.07) is 31.4. The van der Waals surface area contributed by atoms with Crippen molar-refractivity contribution in [2.75, 3.05) is 63.0 Å². The number of amides is 4. The monoisotopic (exact) mass is 908 g/mol. The summed E-state index contributed by atoms with van der Waals surface area (Å²) in [6.45, 7) is 7.36. The minimum absolute atomic E-state index is 0.0906. The molecule has 0 radical (unpaired) electrons. The van der Waals surface area contributed by atoms with Gasteiger partial charge in [-0.3, -0.25) is 19.2 Å². The third-order valence-electron chi connectivity index (χ3n) is 11.9. The Morgan fingerprint density at radius 2 is 1.06 bits per heavy atom. The molecule has 6 aromatic rings. The lowest BCUT2D eigenvalue weighted by atomic mass is 9.95. The molecule has 0 bridgehead atoms. The zero-order chi connectivity index (χ0) is 46.7. The van der Waals surface area contributed by atoms with Gasteiger partial charge in [-0.15, -0.1) is 10.2 Å². The fourth-order valence-electron chi connectivity index (χ4n) is 8.51. The third kappa shape index (κ3) is 10.5. The van der Waals surface area contributed by atoms with Gasteiger partial charge in [0.25, 0.3) is 0 Å². The molecule has 8 rings (SSSR count). The quantitative estimate of drug-likeness (QED) is 0.0954. The van der Waals surface area contributed by atoms with Crippen LogP contribution in [0.1, 0.15) is 44.2 Å².